The van der Waals surface area contributed by atoms with Gasteiger partial charge in [0.05, 0.1) is 18.8 Å². The van der Waals surface area contributed by atoms with Crippen molar-refractivity contribution in [2.45, 2.75) is 27.3 Å². The van der Waals surface area contributed by atoms with Crippen LogP contribution in [0.4, 0.5) is 0 Å². The van der Waals surface area contributed by atoms with Crippen molar-refractivity contribution in [1.29, 1.82) is 0 Å². The van der Waals surface area contributed by atoms with Crippen molar-refractivity contribution in [3.8, 4) is 17.0 Å². The lowest BCUT2D eigenvalue weighted by molar-refractivity contribution is 0.271. The molecule has 20 heavy (non-hydrogen) atoms. The highest BCUT2D eigenvalue weighted by atomic mass is 16.5. The normalized spacial score (nSPS) is 10.8. The molecule has 4 nitrogen and oxygen atoms in total. The molecule has 1 aromatic heterocycles. The van der Waals surface area contributed by atoms with E-state index < -0.39 is 0 Å². The standard InChI is InChI=1S/C16H21N3O/c1-11(2)10-20-14-6-4-13(5-7-14)15-8-12(3)18-16(9-17)19-15/h4-8,11H,9-10,17H2,1-3H3. The van der Waals surface area contributed by atoms with Gasteiger partial charge in [-0.3, -0.25) is 0 Å². The van der Waals surface area contributed by atoms with Crippen LogP contribution in [0, 0.1) is 12.8 Å². The summed E-state index contributed by atoms with van der Waals surface area (Å²) >= 11 is 0. The van der Waals surface area contributed by atoms with Crippen LogP contribution in [0.2, 0.25) is 0 Å². The van der Waals surface area contributed by atoms with E-state index in [1.165, 1.54) is 0 Å². The smallest absolute Gasteiger partial charge is 0.142 e. The molecule has 1 heterocycles. The Morgan fingerprint density at radius 1 is 1.15 bits per heavy atom. The summed E-state index contributed by atoms with van der Waals surface area (Å²) in [6, 6.07) is 9.92. The van der Waals surface area contributed by atoms with Crippen molar-refractivity contribution in [2.75, 3.05) is 6.61 Å². The molecule has 1 aromatic carbocycles. The van der Waals surface area contributed by atoms with Gasteiger partial charge in [-0.25, -0.2) is 9.97 Å². The van der Waals surface area contributed by atoms with Gasteiger partial charge in [-0.05, 0) is 43.2 Å². The molecule has 2 aromatic rings. The van der Waals surface area contributed by atoms with E-state index in [0.717, 1.165) is 29.3 Å². The van der Waals surface area contributed by atoms with Gasteiger partial charge in [-0.1, -0.05) is 13.8 Å². The number of hydrogen-bond acceptors (Lipinski definition) is 4. The Morgan fingerprint density at radius 2 is 1.85 bits per heavy atom. The fraction of sp³-hybridized carbons (Fsp3) is 0.375. The number of ether oxygens (including phenoxy) is 1. The predicted octanol–water partition coefficient (Wildman–Crippen LogP) is 2.95. The third-order valence-electron chi connectivity index (χ3n) is 2.82. The topological polar surface area (TPSA) is 61.0 Å². The van der Waals surface area contributed by atoms with Crippen molar-refractivity contribution >= 4 is 0 Å². The van der Waals surface area contributed by atoms with E-state index in [2.05, 4.69) is 23.8 Å². The second-order valence-electron chi connectivity index (χ2n) is 5.24. The van der Waals surface area contributed by atoms with Gasteiger partial charge in [0.15, 0.2) is 0 Å². The van der Waals surface area contributed by atoms with Crippen molar-refractivity contribution < 1.29 is 4.74 Å². The first-order valence-electron chi connectivity index (χ1n) is 6.86. The summed E-state index contributed by atoms with van der Waals surface area (Å²) in [7, 11) is 0. The van der Waals surface area contributed by atoms with Crippen LogP contribution < -0.4 is 10.5 Å². The average molecular weight is 271 g/mol. The number of nitrogens with two attached hydrogens (primary N) is 1. The minimum Gasteiger partial charge on any atom is -0.493 e. The molecule has 0 spiro atoms. The molecule has 0 saturated heterocycles. The largest absolute Gasteiger partial charge is 0.493 e. The summed E-state index contributed by atoms with van der Waals surface area (Å²) in [5.74, 6) is 2.07. The maximum Gasteiger partial charge on any atom is 0.142 e. The number of aromatic nitrogens is 2. The fourth-order valence-corrected chi connectivity index (χ4v) is 1.85. The Balaban J connectivity index is 2.19. The Morgan fingerprint density at radius 3 is 2.45 bits per heavy atom. The van der Waals surface area contributed by atoms with Crippen LogP contribution in [-0.2, 0) is 6.54 Å². The van der Waals surface area contributed by atoms with Gasteiger partial charge >= 0.3 is 0 Å². The van der Waals surface area contributed by atoms with Gasteiger partial charge in [-0.15, -0.1) is 0 Å². The summed E-state index contributed by atoms with van der Waals surface area (Å²) in [5, 5.41) is 0. The first kappa shape index (κ1) is 14.5. The first-order chi connectivity index (χ1) is 9.58. The molecule has 0 unspecified atom stereocenters. The molecule has 2 N–H and O–H groups in total. The van der Waals surface area contributed by atoms with Gasteiger partial charge in [0, 0.05) is 11.3 Å². The number of hydrogen-bond donors (Lipinski definition) is 1. The zero-order valence-electron chi connectivity index (χ0n) is 12.3. The minimum absolute atomic E-state index is 0.351. The summed E-state index contributed by atoms with van der Waals surface area (Å²) in [4.78, 5) is 8.73. The molecule has 106 valence electrons. The van der Waals surface area contributed by atoms with Crippen molar-refractivity contribution in [2.24, 2.45) is 11.7 Å². The number of rotatable bonds is 5. The summed E-state index contributed by atoms with van der Waals surface area (Å²) in [6.45, 7) is 7.29. The SMILES string of the molecule is Cc1cc(-c2ccc(OCC(C)C)cc2)nc(CN)n1. The zero-order chi connectivity index (χ0) is 14.5. The van der Waals surface area contributed by atoms with Crippen molar-refractivity contribution in [3.63, 3.8) is 0 Å². The van der Waals surface area contributed by atoms with Gasteiger partial charge in [0.25, 0.3) is 0 Å². The average Bonchev–Trinajstić information content (AvgIpc) is 2.45. The molecule has 0 aliphatic rings. The quantitative estimate of drug-likeness (QED) is 0.908. The molecule has 0 atom stereocenters. The maximum atomic E-state index is 5.67. The summed E-state index contributed by atoms with van der Waals surface area (Å²) in [6.07, 6.45) is 0. The Labute approximate surface area is 120 Å². The van der Waals surface area contributed by atoms with Crippen molar-refractivity contribution in [3.05, 3.63) is 41.9 Å². The van der Waals surface area contributed by atoms with Crippen LogP contribution in [-0.4, -0.2) is 16.6 Å². The summed E-state index contributed by atoms with van der Waals surface area (Å²) < 4.78 is 5.67. The predicted molar refractivity (Wildman–Crippen MR) is 80.4 cm³/mol. The van der Waals surface area contributed by atoms with Crippen LogP contribution in [0.15, 0.2) is 30.3 Å². The highest BCUT2D eigenvalue weighted by Gasteiger charge is 2.04. The number of benzene rings is 1. The lowest BCUT2D eigenvalue weighted by atomic mass is 10.1. The second kappa shape index (κ2) is 6.48. The Bertz CT molecular complexity index is 564. The lowest BCUT2D eigenvalue weighted by Crippen LogP contribution is -2.05. The van der Waals surface area contributed by atoms with E-state index in [4.69, 9.17) is 10.5 Å². The van der Waals surface area contributed by atoms with Crippen LogP contribution in [0.25, 0.3) is 11.3 Å². The highest BCUT2D eigenvalue weighted by Crippen LogP contribution is 2.21. The monoisotopic (exact) mass is 271 g/mol. The third kappa shape index (κ3) is 3.78. The minimum atomic E-state index is 0.351. The van der Waals surface area contributed by atoms with Crippen LogP contribution in [0.1, 0.15) is 25.4 Å². The van der Waals surface area contributed by atoms with Gasteiger partial charge in [-0.2, -0.15) is 0 Å². The molecule has 4 heteroatoms. The number of nitrogens with zero attached hydrogens (tertiary/aromatic N) is 2. The molecule has 0 amide bonds. The molecule has 0 radical (unpaired) electrons. The molecule has 0 aliphatic heterocycles. The third-order valence-corrected chi connectivity index (χ3v) is 2.82. The molecule has 0 fully saturated rings. The van der Waals surface area contributed by atoms with E-state index in [-0.39, 0.29) is 0 Å². The fourth-order valence-electron chi connectivity index (χ4n) is 1.85. The lowest BCUT2D eigenvalue weighted by Gasteiger charge is -2.09. The molecular weight excluding hydrogens is 250 g/mol. The van der Waals surface area contributed by atoms with Crippen LogP contribution >= 0.6 is 0 Å². The Hall–Kier alpha value is -1.94. The van der Waals surface area contributed by atoms with Gasteiger partial charge in [0.1, 0.15) is 11.6 Å². The molecule has 2 rings (SSSR count). The number of aryl methyl sites for hydroxylation is 1. The summed E-state index contributed by atoms with van der Waals surface area (Å²) in [5.41, 5.74) is 8.48. The highest BCUT2D eigenvalue weighted by molar-refractivity contribution is 5.60. The van der Waals surface area contributed by atoms with E-state index in [0.29, 0.717) is 18.3 Å². The van der Waals surface area contributed by atoms with Gasteiger partial charge < -0.3 is 10.5 Å². The van der Waals surface area contributed by atoms with E-state index in [1.807, 2.05) is 37.3 Å². The van der Waals surface area contributed by atoms with Gasteiger partial charge in [0.2, 0.25) is 0 Å². The zero-order valence-corrected chi connectivity index (χ0v) is 12.3. The van der Waals surface area contributed by atoms with Crippen molar-refractivity contribution in [1.82, 2.24) is 9.97 Å². The maximum absolute atomic E-state index is 5.67. The van der Waals surface area contributed by atoms with E-state index in [1.54, 1.807) is 0 Å². The molecular formula is C16H21N3O. The molecule has 0 saturated carbocycles. The van der Waals surface area contributed by atoms with E-state index >= 15 is 0 Å². The van der Waals surface area contributed by atoms with E-state index in [9.17, 15) is 0 Å². The Kier molecular flexibility index (Phi) is 4.69. The second-order valence-corrected chi connectivity index (χ2v) is 5.24. The van der Waals surface area contributed by atoms with Crippen LogP contribution in [0.5, 0.6) is 5.75 Å². The molecule has 0 aliphatic carbocycles. The first-order valence-corrected chi connectivity index (χ1v) is 6.86. The molecule has 0 bridgehead atoms. The van der Waals surface area contributed by atoms with Crippen LogP contribution in [0.3, 0.4) is 0 Å².